The topological polar surface area (TPSA) is 82.9 Å². The summed E-state index contributed by atoms with van der Waals surface area (Å²) in [5.74, 6) is 0.818. The zero-order valence-electron chi connectivity index (χ0n) is 25.2. The summed E-state index contributed by atoms with van der Waals surface area (Å²) in [4.78, 5) is 31.9. The molecule has 0 spiro atoms. The van der Waals surface area contributed by atoms with Gasteiger partial charge >= 0.3 is 12.1 Å². The van der Waals surface area contributed by atoms with Gasteiger partial charge in [-0.2, -0.15) is 0 Å². The number of hydrogen-bond acceptors (Lipinski definition) is 7. The quantitative estimate of drug-likeness (QED) is 0.230. The standard InChI is InChI=1S/C34H39N3O5/c1-22-19-30(40-5)28(27-14-18-37(31(22)27)33(39)42-34(2,3)4)21-36-17-13-26(23-11-15-35-16-12-23)20-29(36)24-7-9-25(10-8-24)32(38)41-6/h7-12,14-16,18-19,26,29H,13,17,20-21H2,1-6H3. The summed E-state index contributed by atoms with van der Waals surface area (Å²) >= 11 is 0. The van der Waals surface area contributed by atoms with Crippen LogP contribution in [0.15, 0.2) is 67.1 Å². The van der Waals surface area contributed by atoms with E-state index in [4.69, 9.17) is 14.2 Å². The molecule has 0 bridgehead atoms. The molecule has 8 heteroatoms. The molecule has 4 aromatic rings. The zero-order valence-corrected chi connectivity index (χ0v) is 25.2. The van der Waals surface area contributed by atoms with Gasteiger partial charge in [-0.15, -0.1) is 0 Å². The second-order valence-electron chi connectivity index (χ2n) is 11.9. The van der Waals surface area contributed by atoms with Crippen LogP contribution in [0.2, 0.25) is 0 Å². The highest BCUT2D eigenvalue weighted by molar-refractivity contribution is 5.95. The first-order valence-electron chi connectivity index (χ1n) is 14.3. The third-order valence-electron chi connectivity index (χ3n) is 8.01. The third kappa shape index (κ3) is 6.04. The van der Waals surface area contributed by atoms with Gasteiger partial charge in [-0.1, -0.05) is 12.1 Å². The van der Waals surface area contributed by atoms with Crippen molar-refractivity contribution in [3.05, 3.63) is 94.9 Å². The van der Waals surface area contributed by atoms with E-state index in [2.05, 4.69) is 22.0 Å². The van der Waals surface area contributed by atoms with Crippen LogP contribution in [-0.2, 0) is 16.0 Å². The molecular weight excluding hydrogens is 530 g/mol. The molecule has 1 aliphatic heterocycles. The fourth-order valence-corrected chi connectivity index (χ4v) is 6.02. The van der Waals surface area contributed by atoms with Crippen LogP contribution >= 0.6 is 0 Å². The molecule has 2 aromatic heterocycles. The van der Waals surface area contributed by atoms with Crippen molar-refractivity contribution in [1.29, 1.82) is 0 Å². The molecule has 2 aromatic carbocycles. The lowest BCUT2D eigenvalue weighted by Crippen LogP contribution is -2.36. The normalized spacial score (nSPS) is 17.7. The highest BCUT2D eigenvalue weighted by Gasteiger charge is 2.32. The summed E-state index contributed by atoms with van der Waals surface area (Å²) < 4.78 is 18.1. The number of carbonyl (C=O) groups is 2. The number of rotatable bonds is 6. The summed E-state index contributed by atoms with van der Waals surface area (Å²) in [5, 5.41) is 0.966. The molecule has 1 fully saturated rings. The van der Waals surface area contributed by atoms with E-state index in [9.17, 15) is 9.59 Å². The number of methoxy groups -OCH3 is 2. The van der Waals surface area contributed by atoms with Gasteiger partial charge in [-0.05, 0) is 106 Å². The number of hydrogen-bond donors (Lipinski definition) is 0. The molecule has 8 nitrogen and oxygen atoms in total. The molecule has 220 valence electrons. The maximum atomic E-state index is 13.1. The minimum absolute atomic E-state index is 0.0950. The van der Waals surface area contributed by atoms with Crippen LogP contribution in [0.1, 0.15) is 78.2 Å². The van der Waals surface area contributed by atoms with Crippen LogP contribution < -0.4 is 4.74 Å². The zero-order chi connectivity index (χ0) is 30.0. The number of carbonyl (C=O) groups excluding carboxylic acids is 2. The highest BCUT2D eigenvalue weighted by Crippen LogP contribution is 2.42. The number of esters is 1. The van der Waals surface area contributed by atoms with Crippen molar-refractivity contribution in [3.8, 4) is 5.75 Å². The molecule has 1 saturated heterocycles. The van der Waals surface area contributed by atoms with Gasteiger partial charge in [0.05, 0.1) is 25.3 Å². The van der Waals surface area contributed by atoms with Crippen LogP contribution in [0.25, 0.3) is 10.9 Å². The van der Waals surface area contributed by atoms with Crippen LogP contribution in [0.5, 0.6) is 5.75 Å². The van der Waals surface area contributed by atoms with Gasteiger partial charge in [0.1, 0.15) is 11.4 Å². The third-order valence-corrected chi connectivity index (χ3v) is 8.01. The largest absolute Gasteiger partial charge is 0.496 e. The Morgan fingerprint density at radius 1 is 1.00 bits per heavy atom. The Labute approximate surface area is 247 Å². The monoisotopic (exact) mass is 569 g/mol. The van der Waals surface area contributed by atoms with E-state index < -0.39 is 11.7 Å². The number of piperidine rings is 1. The molecule has 0 N–H and O–H groups in total. The van der Waals surface area contributed by atoms with Crippen LogP contribution in [0.3, 0.4) is 0 Å². The Bertz CT molecular complexity index is 1570. The van der Waals surface area contributed by atoms with E-state index in [1.54, 1.807) is 17.9 Å². The number of likely N-dealkylation sites (tertiary alicyclic amines) is 1. The van der Waals surface area contributed by atoms with E-state index in [0.29, 0.717) is 18.0 Å². The van der Waals surface area contributed by atoms with Crippen molar-refractivity contribution in [2.75, 3.05) is 20.8 Å². The first-order valence-corrected chi connectivity index (χ1v) is 14.3. The lowest BCUT2D eigenvalue weighted by Gasteiger charge is -2.40. The summed E-state index contributed by atoms with van der Waals surface area (Å²) in [6.07, 6.45) is 7.00. The fourth-order valence-electron chi connectivity index (χ4n) is 6.02. The summed E-state index contributed by atoms with van der Waals surface area (Å²) in [6, 6.07) is 16.0. The number of fused-ring (bicyclic) bond motifs is 1. The molecule has 1 aliphatic rings. The molecule has 3 heterocycles. The Hall–Kier alpha value is -4.17. The molecule has 0 aliphatic carbocycles. The van der Waals surface area contributed by atoms with Crippen molar-refractivity contribution < 1.29 is 23.8 Å². The smallest absolute Gasteiger partial charge is 0.419 e. The lowest BCUT2D eigenvalue weighted by atomic mass is 9.82. The highest BCUT2D eigenvalue weighted by atomic mass is 16.6. The summed E-state index contributed by atoms with van der Waals surface area (Å²) in [6.45, 7) is 9.08. The van der Waals surface area contributed by atoms with Crippen molar-refractivity contribution in [2.45, 2.75) is 64.6 Å². The number of aromatic nitrogens is 2. The molecule has 0 radical (unpaired) electrons. The van der Waals surface area contributed by atoms with Crippen LogP contribution in [0, 0.1) is 6.92 Å². The predicted molar refractivity (Wildman–Crippen MR) is 162 cm³/mol. The Balaban J connectivity index is 1.53. The van der Waals surface area contributed by atoms with Gasteiger partial charge in [-0.3, -0.25) is 14.5 Å². The maximum Gasteiger partial charge on any atom is 0.419 e. The molecule has 0 saturated carbocycles. The number of pyridine rings is 1. The van der Waals surface area contributed by atoms with Gasteiger partial charge in [0.2, 0.25) is 0 Å². The summed E-state index contributed by atoms with van der Waals surface area (Å²) in [7, 11) is 3.08. The SMILES string of the molecule is COC(=O)c1ccc(C2CC(c3ccncc3)CCN2Cc2c(OC)cc(C)c3c2ccn3C(=O)OC(C)(C)C)cc1. The molecule has 42 heavy (non-hydrogen) atoms. The molecular formula is C34H39N3O5. The average molecular weight is 570 g/mol. The van der Waals surface area contributed by atoms with Crippen molar-refractivity contribution in [2.24, 2.45) is 0 Å². The van der Waals surface area contributed by atoms with E-state index in [1.807, 2.05) is 76.5 Å². The van der Waals surface area contributed by atoms with Gasteiger partial charge in [-0.25, -0.2) is 9.59 Å². The lowest BCUT2D eigenvalue weighted by molar-refractivity contribution is 0.0542. The second kappa shape index (κ2) is 12.0. The predicted octanol–water partition coefficient (Wildman–Crippen LogP) is 7.04. The molecule has 2 atom stereocenters. The van der Waals surface area contributed by atoms with Crippen molar-refractivity contribution in [3.63, 3.8) is 0 Å². The number of ether oxygens (including phenoxy) is 3. The number of aryl methyl sites for hydroxylation is 1. The molecule has 5 rings (SSSR count). The number of benzene rings is 2. The van der Waals surface area contributed by atoms with E-state index in [-0.39, 0.29) is 12.0 Å². The van der Waals surface area contributed by atoms with Crippen LogP contribution in [0.4, 0.5) is 4.79 Å². The first-order chi connectivity index (χ1) is 20.1. The van der Waals surface area contributed by atoms with E-state index in [0.717, 1.165) is 52.7 Å². The Kier molecular flexibility index (Phi) is 8.36. The number of nitrogens with zero attached hydrogens (tertiary/aromatic N) is 3. The second-order valence-corrected chi connectivity index (χ2v) is 11.9. The van der Waals surface area contributed by atoms with Gasteiger partial charge in [0.15, 0.2) is 0 Å². The van der Waals surface area contributed by atoms with Gasteiger partial charge in [0.25, 0.3) is 0 Å². The minimum atomic E-state index is -0.604. The Morgan fingerprint density at radius 3 is 2.36 bits per heavy atom. The van der Waals surface area contributed by atoms with Gasteiger partial charge < -0.3 is 14.2 Å². The van der Waals surface area contributed by atoms with Crippen LogP contribution in [-0.4, -0.2) is 52.9 Å². The van der Waals surface area contributed by atoms with Gasteiger partial charge in [0, 0.05) is 42.1 Å². The molecule has 2 unspecified atom stereocenters. The Morgan fingerprint density at radius 2 is 1.71 bits per heavy atom. The van der Waals surface area contributed by atoms with Crippen molar-refractivity contribution >= 4 is 23.0 Å². The van der Waals surface area contributed by atoms with Crippen molar-refractivity contribution in [1.82, 2.24) is 14.5 Å². The van der Waals surface area contributed by atoms with E-state index >= 15 is 0 Å². The fraction of sp³-hybridized carbons (Fsp3) is 0.382. The first kappa shape index (κ1) is 29.3. The minimum Gasteiger partial charge on any atom is -0.496 e. The molecule has 0 amide bonds. The summed E-state index contributed by atoms with van der Waals surface area (Å²) in [5.41, 5.74) is 5.13. The van der Waals surface area contributed by atoms with E-state index in [1.165, 1.54) is 12.7 Å². The average Bonchev–Trinajstić information content (AvgIpc) is 3.44. The maximum absolute atomic E-state index is 13.1.